The highest BCUT2D eigenvalue weighted by molar-refractivity contribution is 5.71. The molecule has 0 radical (unpaired) electrons. The topological polar surface area (TPSA) is 78.9 Å². The van der Waals surface area contributed by atoms with E-state index in [0.29, 0.717) is 19.3 Å². The van der Waals surface area contributed by atoms with Crippen LogP contribution in [-0.2, 0) is 28.6 Å². The van der Waals surface area contributed by atoms with Crippen molar-refractivity contribution in [2.75, 3.05) is 13.2 Å². The van der Waals surface area contributed by atoms with Gasteiger partial charge in [0.15, 0.2) is 6.10 Å². The number of unbranched alkanes of at least 4 members (excludes halogenated alkanes) is 35. The lowest BCUT2D eigenvalue weighted by atomic mass is 10.0. The van der Waals surface area contributed by atoms with Gasteiger partial charge in [-0.3, -0.25) is 14.4 Å². The van der Waals surface area contributed by atoms with Gasteiger partial charge in [-0.25, -0.2) is 0 Å². The molecule has 0 spiro atoms. The lowest BCUT2D eigenvalue weighted by Crippen LogP contribution is -2.30. The van der Waals surface area contributed by atoms with Crippen LogP contribution >= 0.6 is 0 Å². The van der Waals surface area contributed by atoms with Crippen LogP contribution in [0.3, 0.4) is 0 Å². The molecule has 0 unspecified atom stereocenters. The highest BCUT2D eigenvalue weighted by Crippen LogP contribution is 2.16. The molecule has 0 aromatic carbocycles. The predicted octanol–water partition coefficient (Wildman–Crippen LogP) is 20.8. The second-order valence-corrected chi connectivity index (χ2v) is 20.6. The maximum atomic E-state index is 12.9. The number of rotatable bonds is 56. The van der Waals surface area contributed by atoms with Crippen LogP contribution < -0.4 is 0 Å². The van der Waals surface area contributed by atoms with Crippen LogP contribution in [0.15, 0.2) is 60.8 Å². The number of hydrogen-bond donors (Lipinski definition) is 0. The third-order valence-electron chi connectivity index (χ3n) is 13.5. The van der Waals surface area contributed by atoms with Gasteiger partial charge in [-0.2, -0.15) is 0 Å². The Morgan fingerprint density at radius 2 is 0.507 bits per heavy atom. The quantitative estimate of drug-likeness (QED) is 0.0261. The van der Waals surface area contributed by atoms with Gasteiger partial charge < -0.3 is 14.2 Å². The predicted molar refractivity (Wildman–Crippen MR) is 307 cm³/mol. The first-order chi connectivity index (χ1) is 35.0. The number of carbonyl (C=O) groups excluding carboxylic acids is 3. The number of esters is 3. The Morgan fingerprint density at radius 1 is 0.282 bits per heavy atom. The molecule has 0 aliphatic rings. The van der Waals surface area contributed by atoms with Gasteiger partial charge in [0.25, 0.3) is 0 Å². The molecular weight excluding hydrogens is 877 g/mol. The van der Waals surface area contributed by atoms with Crippen LogP contribution in [0.5, 0.6) is 0 Å². The second-order valence-electron chi connectivity index (χ2n) is 20.6. The Balaban J connectivity index is 4.42. The monoisotopic (exact) mass is 993 g/mol. The van der Waals surface area contributed by atoms with Crippen molar-refractivity contribution in [2.24, 2.45) is 0 Å². The van der Waals surface area contributed by atoms with Gasteiger partial charge >= 0.3 is 17.9 Å². The summed E-state index contributed by atoms with van der Waals surface area (Å²) in [5.74, 6) is -0.903. The molecule has 0 saturated heterocycles. The molecule has 0 heterocycles. The molecule has 0 aliphatic heterocycles. The van der Waals surface area contributed by atoms with Crippen LogP contribution in [0.1, 0.15) is 316 Å². The largest absolute Gasteiger partial charge is 0.462 e. The van der Waals surface area contributed by atoms with Gasteiger partial charge in [0.05, 0.1) is 0 Å². The van der Waals surface area contributed by atoms with Crippen molar-refractivity contribution in [3.05, 3.63) is 60.8 Å². The first kappa shape index (κ1) is 68.1. The average molecular weight is 994 g/mol. The van der Waals surface area contributed by atoms with Gasteiger partial charge in [-0.15, -0.1) is 0 Å². The van der Waals surface area contributed by atoms with Gasteiger partial charge in [-0.1, -0.05) is 268 Å². The van der Waals surface area contributed by atoms with Gasteiger partial charge in [0.2, 0.25) is 0 Å². The average Bonchev–Trinajstić information content (AvgIpc) is 3.37. The number of allylic oxidation sites excluding steroid dienone is 10. The fourth-order valence-electron chi connectivity index (χ4n) is 8.83. The van der Waals surface area contributed by atoms with Crippen molar-refractivity contribution in [1.82, 2.24) is 0 Å². The van der Waals surface area contributed by atoms with E-state index in [4.69, 9.17) is 14.2 Å². The van der Waals surface area contributed by atoms with Crippen LogP contribution in [0.2, 0.25) is 0 Å². The van der Waals surface area contributed by atoms with Crippen molar-refractivity contribution in [1.29, 1.82) is 0 Å². The zero-order valence-electron chi connectivity index (χ0n) is 47.2. The smallest absolute Gasteiger partial charge is 0.306 e. The molecule has 71 heavy (non-hydrogen) atoms. The highest BCUT2D eigenvalue weighted by atomic mass is 16.6. The number of hydrogen-bond acceptors (Lipinski definition) is 6. The maximum absolute atomic E-state index is 12.9. The summed E-state index contributed by atoms with van der Waals surface area (Å²) in [6.07, 6.45) is 75.0. The molecule has 0 aromatic rings. The SMILES string of the molecule is CCCCC/C=C\C/C=C\C/C=C\C/C=C\CCCCCC(=O)OC[C@H](COC(=O)CCCCCCCCC/C=C\CCCCCCCC)OC(=O)CCCCCCCCCCCCCCCCCCC. The molecule has 412 valence electrons. The molecule has 0 aliphatic carbocycles. The van der Waals surface area contributed by atoms with Crippen molar-refractivity contribution in [3.63, 3.8) is 0 Å². The van der Waals surface area contributed by atoms with E-state index in [2.05, 4.69) is 81.5 Å². The van der Waals surface area contributed by atoms with E-state index in [1.54, 1.807) is 0 Å². The minimum atomic E-state index is -0.788. The fourth-order valence-corrected chi connectivity index (χ4v) is 8.83. The summed E-state index contributed by atoms with van der Waals surface area (Å²) in [6.45, 7) is 6.62. The van der Waals surface area contributed by atoms with Crippen molar-refractivity contribution >= 4 is 17.9 Å². The Morgan fingerprint density at radius 3 is 0.845 bits per heavy atom. The summed E-state index contributed by atoms with van der Waals surface area (Å²) in [5.41, 5.74) is 0. The standard InChI is InChI=1S/C65H116O6/c1-4-7-10-13-16-19-22-25-28-31-32-35-37-40-43-46-49-52-55-58-64(67)70-61-62(71-65(68)59-56-53-50-47-44-41-38-34-30-27-24-21-18-15-12-9-6-3)60-69-63(66)57-54-51-48-45-42-39-36-33-29-26-23-20-17-14-11-8-5-2/h16,19,25-26,28-29,32,35,40,43,62H,4-15,17-18,20-24,27,30-31,33-34,36-39,41-42,44-61H2,1-3H3/b19-16-,28-25-,29-26-,35-32-,43-40-/t62-/m0/s1. The van der Waals surface area contributed by atoms with Gasteiger partial charge in [-0.05, 0) is 89.9 Å². The summed E-state index contributed by atoms with van der Waals surface area (Å²) in [5, 5.41) is 0. The van der Waals surface area contributed by atoms with Crippen LogP contribution in [0, 0.1) is 0 Å². The van der Waals surface area contributed by atoms with E-state index in [1.807, 2.05) is 0 Å². The summed E-state index contributed by atoms with van der Waals surface area (Å²) in [7, 11) is 0. The molecule has 6 nitrogen and oxygen atoms in total. The Labute approximate surface area is 440 Å². The zero-order valence-corrected chi connectivity index (χ0v) is 47.2. The lowest BCUT2D eigenvalue weighted by molar-refractivity contribution is -0.167. The second kappa shape index (κ2) is 59.7. The minimum absolute atomic E-state index is 0.0839. The van der Waals surface area contributed by atoms with E-state index in [1.165, 1.54) is 193 Å². The van der Waals surface area contributed by atoms with Crippen LogP contribution in [0.4, 0.5) is 0 Å². The first-order valence-corrected chi connectivity index (χ1v) is 30.8. The summed E-state index contributed by atoms with van der Waals surface area (Å²) in [4.78, 5) is 38.3. The Hall–Kier alpha value is -2.89. The third-order valence-corrected chi connectivity index (χ3v) is 13.5. The van der Waals surface area contributed by atoms with Crippen molar-refractivity contribution < 1.29 is 28.6 Å². The van der Waals surface area contributed by atoms with Crippen LogP contribution in [-0.4, -0.2) is 37.2 Å². The Kier molecular flexibility index (Phi) is 57.2. The summed E-state index contributed by atoms with van der Waals surface area (Å²) >= 11 is 0. The molecule has 0 saturated carbocycles. The molecule has 6 heteroatoms. The molecule has 0 N–H and O–H groups in total. The Bertz CT molecular complexity index is 1280. The zero-order chi connectivity index (χ0) is 51.4. The van der Waals surface area contributed by atoms with Crippen LogP contribution in [0.25, 0.3) is 0 Å². The van der Waals surface area contributed by atoms with Gasteiger partial charge in [0.1, 0.15) is 13.2 Å². The highest BCUT2D eigenvalue weighted by Gasteiger charge is 2.19. The maximum Gasteiger partial charge on any atom is 0.306 e. The summed E-state index contributed by atoms with van der Waals surface area (Å²) in [6, 6.07) is 0. The molecule has 0 rings (SSSR count). The van der Waals surface area contributed by atoms with Crippen molar-refractivity contribution in [3.8, 4) is 0 Å². The van der Waals surface area contributed by atoms with E-state index < -0.39 is 6.10 Å². The van der Waals surface area contributed by atoms with E-state index >= 15 is 0 Å². The number of carbonyl (C=O) groups is 3. The van der Waals surface area contributed by atoms with E-state index in [9.17, 15) is 14.4 Å². The van der Waals surface area contributed by atoms with Crippen molar-refractivity contribution in [2.45, 2.75) is 322 Å². The third kappa shape index (κ3) is 57.9. The first-order valence-electron chi connectivity index (χ1n) is 30.8. The van der Waals surface area contributed by atoms with Gasteiger partial charge in [0, 0.05) is 19.3 Å². The number of ether oxygens (including phenoxy) is 3. The minimum Gasteiger partial charge on any atom is -0.462 e. The fraction of sp³-hybridized carbons (Fsp3) is 0.800. The molecule has 0 amide bonds. The lowest BCUT2D eigenvalue weighted by Gasteiger charge is -2.18. The molecule has 1 atom stereocenters. The molecule has 0 fully saturated rings. The summed E-state index contributed by atoms with van der Waals surface area (Å²) < 4.78 is 16.9. The normalized spacial score (nSPS) is 12.4. The molecule has 0 aromatic heterocycles. The van der Waals surface area contributed by atoms with E-state index in [0.717, 1.165) is 83.5 Å². The molecule has 0 bridgehead atoms. The van der Waals surface area contributed by atoms with E-state index in [-0.39, 0.29) is 31.1 Å². The molecular formula is C65H116O6.